The minimum absolute atomic E-state index is 0.435. The Morgan fingerprint density at radius 2 is 2.06 bits per heavy atom. The molecule has 1 aliphatic carbocycles. The third-order valence-corrected chi connectivity index (χ3v) is 5.29. The molecule has 0 spiro atoms. The molecule has 2 rings (SSSR count). The lowest BCUT2D eigenvalue weighted by atomic mass is 10.0. The first-order valence-corrected chi connectivity index (χ1v) is 7.90. The Hall–Kier alpha value is 0.360. The lowest BCUT2D eigenvalue weighted by molar-refractivity contribution is 0.210. The Balaban J connectivity index is 2.20. The fourth-order valence-electron chi connectivity index (χ4n) is 2.03. The number of aliphatic hydroxyl groups is 1. The molecule has 0 saturated carbocycles. The minimum atomic E-state index is -0.435. The molecule has 1 atom stereocenters. The van der Waals surface area contributed by atoms with Crippen LogP contribution in [0, 0.1) is 0 Å². The van der Waals surface area contributed by atoms with Gasteiger partial charge in [0.25, 0.3) is 0 Å². The minimum Gasteiger partial charge on any atom is -0.384 e. The Morgan fingerprint density at radius 1 is 1.25 bits per heavy atom. The van der Waals surface area contributed by atoms with Crippen LogP contribution in [-0.4, -0.2) is 5.11 Å². The van der Waals surface area contributed by atoms with Gasteiger partial charge in [0.15, 0.2) is 0 Å². The van der Waals surface area contributed by atoms with Crippen LogP contribution in [0.1, 0.15) is 43.8 Å². The summed E-state index contributed by atoms with van der Waals surface area (Å²) in [5.74, 6) is 0. The molecular weight excluding hydrogens is 352 g/mol. The Labute approximate surface area is 117 Å². The second kappa shape index (κ2) is 5.80. The van der Waals surface area contributed by atoms with Crippen molar-refractivity contribution in [1.29, 1.82) is 0 Å². The van der Waals surface area contributed by atoms with E-state index in [1.54, 1.807) is 11.3 Å². The zero-order valence-electron chi connectivity index (χ0n) is 8.88. The van der Waals surface area contributed by atoms with E-state index in [1.165, 1.54) is 24.8 Å². The Kier molecular flexibility index (Phi) is 4.65. The van der Waals surface area contributed by atoms with Gasteiger partial charge in [0.2, 0.25) is 0 Å². The predicted molar refractivity (Wildman–Crippen MR) is 75.8 cm³/mol. The first-order chi connectivity index (χ1) is 7.68. The maximum absolute atomic E-state index is 10.4. The number of thiophene rings is 1. The smallest absolute Gasteiger partial charge is 0.102 e. The molecule has 1 aromatic heterocycles. The number of halogens is 2. The van der Waals surface area contributed by atoms with E-state index in [2.05, 4.69) is 37.9 Å². The molecule has 1 nitrogen and oxygen atoms in total. The van der Waals surface area contributed by atoms with Gasteiger partial charge in [-0.3, -0.25) is 0 Å². The van der Waals surface area contributed by atoms with Crippen LogP contribution in [0.4, 0.5) is 0 Å². The molecule has 0 bridgehead atoms. The summed E-state index contributed by atoms with van der Waals surface area (Å²) in [6.45, 7) is 0. The lowest BCUT2D eigenvalue weighted by Gasteiger charge is -2.13. The Bertz CT molecular complexity index is 398. The zero-order valence-corrected chi connectivity index (χ0v) is 12.9. The van der Waals surface area contributed by atoms with Gasteiger partial charge < -0.3 is 5.11 Å². The molecule has 0 saturated heterocycles. The largest absolute Gasteiger partial charge is 0.384 e. The van der Waals surface area contributed by atoms with Crippen molar-refractivity contribution in [3.63, 3.8) is 0 Å². The van der Waals surface area contributed by atoms with Gasteiger partial charge in [-0.2, -0.15) is 0 Å². The number of aliphatic hydroxyl groups excluding tert-OH is 1. The van der Waals surface area contributed by atoms with Crippen molar-refractivity contribution in [3.8, 4) is 0 Å². The third-order valence-electron chi connectivity index (χ3n) is 2.90. The highest BCUT2D eigenvalue weighted by Crippen LogP contribution is 2.39. The van der Waals surface area contributed by atoms with Gasteiger partial charge in [-0.05, 0) is 69.2 Å². The summed E-state index contributed by atoms with van der Waals surface area (Å²) in [5, 5.41) is 10.4. The molecule has 0 amide bonds. The van der Waals surface area contributed by atoms with Crippen molar-refractivity contribution >= 4 is 43.2 Å². The van der Waals surface area contributed by atoms with Crippen molar-refractivity contribution in [2.75, 3.05) is 0 Å². The molecule has 0 fully saturated rings. The van der Waals surface area contributed by atoms with Crippen LogP contribution in [0.15, 0.2) is 25.3 Å². The SMILES string of the molecule is OC(C1=CCCCCC1)c1cc(Br)sc1Br. The fourth-order valence-corrected chi connectivity index (χ4v) is 4.91. The summed E-state index contributed by atoms with van der Waals surface area (Å²) in [7, 11) is 0. The molecule has 0 radical (unpaired) electrons. The second-order valence-electron chi connectivity index (χ2n) is 4.06. The van der Waals surface area contributed by atoms with Crippen LogP contribution in [0.3, 0.4) is 0 Å². The molecule has 88 valence electrons. The Morgan fingerprint density at radius 3 is 2.75 bits per heavy atom. The molecule has 1 aliphatic rings. The molecule has 1 aromatic rings. The normalized spacial score (nSPS) is 19.1. The summed E-state index contributed by atoms with van der Waals surface area (Å²) >= 11 is 8.57. The molecule has 0 aromatic carbocycles. The zero-order chi connectivity index (χ0) is 11.5. The monoisotopic (exact) mass is 364 g/mol. The highest BCUT2D eigenvalue weighted by atomic mass is 79.9. The van der Waals surface area contributed by atoms with Gasteiger partial charge in [-0.1, -0.05) is 12.5 Å². The maximum atomic E-state index is 10.4. The summed E-state index contributed by atoms with van der Waals surface area (Å²) < 4.78 is 2.08. The van der Waals surface area contributed by atoms with E-state index in [9.17, 15) is 5.11 Å². The van der Waals surface area contributed by atoms with E-state index in [-0.39, 0.29) is 0 Å². The topological polar surface area (TPSA) is 20.2 Å². The first kappa shape index (κ1) is 12.8. The summed E-state index contributed by atoms with van der Waals surface area (Å²) in [6.07, 6.45) is 7.65. The van der Waals surface area contributed by atoms with Gasteiger partial charge in [0.1, 0.15) is 6.10 Å². The number of hydrogen-bond acceptors (Lipinski definition) is 2. The first-order valence-electron chi connectivity index (χ1n) is 5.50. The average molecular weight is 366 g/mol. The van der Waals surface area contributed by atoms with Crippen molar-refractivity contribution < 1.29 is 5.11 Å². The maximum Gasteiger partial charge on any atom is 0.102 e. The molecule has 4 heteroatoms. The standard InChI is InChI=1S/C12H14Br2OS/c13-10-7-9(12(14)16-10)11(15)8-5-3-1-2-4-6-8/h5,7,11,15H,1-4,6H2. The van der Waals surface area contributed by atoms with Crippen molar-refractivity contribution in [2.45, 2.75) is 38.2 Å². The van der Waals surface area contributed by atoms with Crippen LogP contribution in [0.5, 0.6) is 0 Å². The van der Waals surface area contributed by atoms with Gasteiger partial charge in [-0.15, -0.1) is 11.3 Å². The highest BCUT2D eigenvalue weighted by molar-refractivity contribution is 9.12. The average Bonchev–Trinajstić information content (AvgIpc) is 2.49. The van der Waals surface area contributed by atoms with Crippen LogP contribution >= 0.6 is 43.2 Å². The summed E-state index contributed by atoms with van der Waals surface area (Å²) in [6, 6.07) is 2.01. The summed E-state index contributed by atoms with van der Waals surface area (Å²) in [5.41, 5.74) is 2.17. The van der Waals surface area contributed by atoms with E-state index >= 15 is 0 Å². The quantitative estimate of drug-likeness (QED) is 0.714. The fraction of sp³-hybridized carbons (Fsp3) is 0.500. The molecule has 1 unspecified atom stereocenters. The van der Waals surface area contributed by atoms with Crippen LogP contribution in [-0.2, 0) is 0 Å². The molecule has 1 N–H and O–H groups in total. The predicted octanol–water partition coefficient (Wildman–Crippen LogP) is 5.20. The van der Waals surface area contributed by atoms with Crippen molar-refractivity contribution in [1.82, 2.24) is 0 Å². The van der Waals surface area contributed by atoms with Crippen LogP contribution in [0.25, 0.3) is 0 Å². The van der Waals surface area contributed by atoms with E-state index in [0.717, 1.165) is 26.0 Å². The molecule has 1 heterocycles. The van der Waals surface area contributed by atoms with Crippen LogP contribution < -0.4 is 0 Å². The number of allylic oxidation sites excluding steroid dienone is 1. The third kappa shape index (κ3) is 2.97. The van der Waals surface area contributed by atoms with Gasteiger partial charge in [0, 0.05) is 5.56 Å². The van der Waals surface area contributed by atoms with E-state index < -0.39 is 6.10 Å². The second-order valence-corrected chi connectivity index (χ2v) is 7.81. The van der Waals surface area contributed by atoms with E-state index in [0.29, 0.717) is 0 Å². The lowest BCUT2D eigenvalue weighted by Crippen LogP contribution is -2.00. The van der Waals surface area contributed by atoms with E-state index in [1.807, 2.05) is 6.07 Å². The van der Waals surface area contributed by atoms with E-state index in [4.69, 9.17) is 0 Å². The summed E-state index contributed by atoms with van der Waals surface area (Å²) in [4.78, 5) is 0. The van der Waals surface area contributed by atoms with Gasteiger partial charge in [-0.25, -0.2) is 0 Å². The van der Waals surface area contributed by atoms with Crippen molar-refractivity contribution in [2.24, 2.45) is 0 Å². The number of rotatable bonds is 2. The van der Waals surface area contributed by atoms with Gasteiger partial charge >= 0.3 is 0 Å². The molecule has 16 heavy (non-hydrogen) atoms. The highest BCUT2D eigenvalue weighted by Gasteiger charge is 2.19. The van der Waals surface area contributed by atoms with Crippen molar-refractivity contribution in [3.05, 3.63) is 30.9 Å². The van der Waals surface area contributed by atoms with Crippen LogP contribution in [0.2, 0.25) is 0 Å². The van der Waals surface area contributed by atoms with Gasteiger partial charge in [0.05, 0.1) is 7.57 Å². The molecular formula is C12H14Br2OS. The molecule has 0 aliphatic heterocycles. The number of hydrogen-bond donors (Lipinski definition) is 1.